The minimum atomic E-state index is -4.42. The molecule has 1 fully saturated rings. The molecule has 0 N–H and O–H groups in total. The highest BCUT2D eigenvalue weighted by Crippen LogP contribution is 2.34. The molecule has 1 amide bonds. The summed E-state index contributed by atoms with van der Waals surface area (Å²) < 4.78 is 48.1. The van der Waals surface area contributed by atoms with Gasteiger partial charge >= 0.3 is 12.1 Å². The fraction of sp³-hybridized carbons (Fsp3) is 0.421. The van der Waals surface area contributed by atoms with Gasteiger partial charge in [0.15, 0.2) is 12.3 Å². The number of amides is 1. The highest BCUT2D eigenvalue weighted by molar-refractivity contribution is 7.09. The maximum Gasteiger partial charge on any atom is 0.416 e. The second-order valence-corrected chi connectivity index (χ2v) is 7.24. The van der Waals surface area contributed by atoms with Gasteiger partial charge in [-0.2, -0.15) is 13.2 Å². The summed E-state index contributed by atoms with van der Waals surface area (Å²) in [6.07, 6.45) is -2.93. The monoisotopic (exact) mass is 428 g/mol. The number of thiazole rings is 1. The Balaban J connectivity index is 1.61. The van der Waals surface area contributed by atoms with Crippen LogP contribution in [0.2, 0.25) is 0 Å². The van der Waals surface area contributed by atoms with Crippen LogP contribution in [0.25, 0.3) is 0 Å². The van der Waals surface area contributed by atoms with Gasteiger partial charge in [-0.1, -0.05) is 0 Å². The number of aromatic nitrogens is 1. The van der Waals surface area contributed by atoms with Gasteiger partial charge in [0.2, 0.25) is 0 Å². The number of benzene rings is 1. The lowest BCUT2D eigenvalue weighted by Crippen LogP contribution is -2.34. The Bertz CT molecular complexity index is 867. The summed E-state index contributed by atoms with van der Waals surface area (Å²) in [6.45, 7) is 2.19. The molecule has 1 atom stereocenters. The molecule has 6 nitrogen and oxygen atoms in total. The SMILES string of the molecule is CCOC(=O)c1csc([C@H]2CCCN2C(=O)COc2ccc(C(F)(F)F)cc2)n1. The largest absolute Gasteiger partial charge is 0.484 e. The van der Waals surface area contributed by atoms with Gasteiger partial charge in [0, 0.05) is 11.9 Å². The topological polar surface area (TPSA) is 68.7 Å². The van der Waals surface area contributed by atoms with E-state index in [0.717, 1.165) is 18.6 Å². The molecule has 1 saturated heterocycles. The first kappa shape index (κ1) is 21.1. The number of hydrogen-bond donors (Lipinski definition) is 0. The fourth-order valence-electron chi connectivity index (χ4n) is 3.03. The molecule has 10 heteroatoms. The third kappa shape index (κ3) is 5.06. The standard InChI is InChI=1S/C19H19F3N2O4S/c1-2-27-18(26)14-11-29-17(23-14)15-4-3-9-24(15)16(25)10-28-13-7-5-12(6-8-13)19(20,21)22/h5-8,11,15H,2-4,9-10H2,1H3/t15-/m1/s1. The van der Waals surface area contributed by atoms with Crippen molar-refractivity contribution in [2.45, 2.75) is 32.0 Å². The summed E-state index contributed by atoms with van der Waals surface area (Å²) in [4.78, 5) is 30.3. The Kier molecular flexibility index (Phi) is 6.41. The van der Waals surface area contributed by atoms with Gasteiger partial charge in [-0.25, -0.2) is 9.78 Å². The molecule has 0 unspecified atom stereocenters. The van der Waals surface area contributed by atoms with Crippen molar-refractivity contribution in [3.05, 3.63) is 45.9 Å². The number of rotatable bonds is 6. The normalized spacial score (nSPS) is 16.7. The Hall–Kier alpha value is -2.62. The van der Waals surface area contributed by atoms with Crippen molar-refractivity contribution < 1.29 is 32.2 Å². The number of carbonyl (C=O) groups is 2. The maximum absolute atomic E-state index is 12.6. The van der Waals surface area contributed by atoms with E-state index in [2.05, 4.69) is 4.98 Å². The molecule has 0 radical (unpaired) electrons. The van der Waals surface area contributed by atoms with E-state index in [9.17, 15) is 22.8 Å². The molecule has 2 heterocycles. The minimum Gasteiger partial charge on any atom is -0.484 e. The van der Waals surface area contributed by atoms with Crippen LogP contribution in [-0.4, -0.2) is 41.5 Å². The van der Waals surface area contributed by atoms with E-state index in [1.165, 1.54) is 23.5 Å². The lowest BCUT2D eigenvalue weighted by atomic mass is 10.2. The van der Waals surface area contributed by atoms with Crippen molar-refractivity contribution in [2.24, 2.45) is 0 Å². The van der Waals surface area contributed by atoms with E-state index < -0.39 is 17.7 Å². The average molecular weight is 428 g/mol. The number of esters is 1. The Labute approximate surface area is 169 Å². The number of nitrogens with zero attached hydrogens (tertiary/aromatic N) is 2. The van der Waals surface area contributed by atoms with Gasteiger partial charge in [-0.05, 0) is 44.0 Å². The second-order valence-electron chi connectivity index (χ2n) is 6.35. The first-order chi connectivity index (χ1) is 13.8. The Morgan fingerprint density at radius 3 is 2.66 bits per heavy atom. The van der Waals surface area contributed by atoms with Crippen molar-refractivity contribution in [3.8, 4) is 5.75 Å². The number of hydrogen-bond acceptors (Lipinski definition) is 6. The highest BCUT2D eigenvalue weighted by atomic mass is 32.1. The number of alkyl halides is 3. The minimum absolute atomic E-state index is 0.181. The molecule has 3 rings (SSSR count). The van der Waals surface area contributed by atoms with E-state index in [-0.39, 0.29) is 36.6 Å². The molecule has 0 saturated carbocycles. The number of likely N-dealkylation sites (tertiary alicyclic amines) is 1. The highest BCUT2D eigenvalue weighted by Gasteiger charge is 2.33. The van der Waals surface area contributed by atoms with Crippen LogP contribution in [0.15, 0.2) is 29.6 Å². The molecule has 1 aliphatic heterocycles. The van der Waals surface area contributed by atoms with Gasteiger partial charge in [0.05, 0.1) is 18.2 Å². The van der Waals surface area contributed by atoms with Gasteiger partial charge in [-0.15, -0.1) is 11.3 Å². The fourth-order valence-corrected chi connectivity index (χ4v) is 3.96. The molecule has 1 aromatic carbocycles. The van der Waals surface area contributed by atoms with E-state index >= 15 is 0 Å². The van der Waals surface area contributed by atoms with E-state index in [4.69, 9.17) is 9.47 Å². The molecule has 0 bridgehead atoms. The summed E-state index contributed by atoms with van der Waals surface area (Å²) in [6, 6.07) is 3.93. The van der Waals surface area contributed by atoms with Gasteiger partial charge in [-0.3, -0.25) is 4.79 Å². The summed E-state index contributed by atoms with van der Waals surface area (Å²) >= 11 is 1.29. The Morgan fingerprint density at radius 2 is 2.00 bits per heavy atom. The van der Waals surface area contributed by atoms with Crippen LogP contribution in [-0.2, 0) is 15.7 Å². The van der Waals surface area contributed by atoms with Crippen LogP contribution in [0.3, 0.4) is 0 Å². The number of ether oxygens (including phenoxy) is 2. The van der Waals surface area contributed by atoms with E-state index in [1.807, 2.05) is 0 Å². The Morgan fingerprint density at radius 1 is 1.28 bits per heavy atom. The zero-order valence-corrected chi connectivity index (χ0v) is 16.4. The molecule has 29 heavy (non-hydrogen) atoms. The predicted octanol–water partition coefficient (Wildman–Crippen LogP) is 4.08. The molecule has 0 aliphatic carbocycles. The number of carbonyl (C=O) groups excluding carboxylic acids is 2. The average Bonchev–Trinajstić information content (AvgIpc) is 3.35. The smallest absolute Gasteiger partial charge is 0.416 e. The molecular weight excluding hydrogens is 409 g/mol. The van der Waals surface area contributed by atoms with Gasteiger partial charge < -0.3 is 14.4 Å². The van der Waals surface area contributed by atoms with Crippen molar-refractivity contribution in [2.75, 3.05) is 19.8 Å². The van der Waals surface area contributed by atoms with Crippen LogP contribution in [0.4, 0.5) is 13.2 Å². The lowest BCUT2D eigenvalue weighted by molar-refractivity contribution is -0.138. The predicted molar refractivity (Wildman–Crippen MR) is 98.7 cm³/mol. The molecule has 1 aliphatic rings. The molecule has 1 aromatic heterocycles. The maximum atomic E-state index is 12.6. The molecule has 0 spiro atoms. The summed E-state index contributed by atoms with van der Waals surface area (Å²) in [5.74, 6) is -0.613. The van der Waals surface area contributed by atoms with Crippen LogP contribution in [0, 0.1) is 0 Å². The third-order valence-corrected chi connectivity index (χ3v) is 5.35. The van der Waals surface area contributed by atoms with Crippen molar-refractivity contribution in [1.82, 2.24) is 9.88 Å². The quantitative estimate of drug-likeness (QED) is 0.649. The zero-order chi connectivity index (χ0) is 21.0. The number of halogens is 3. The summed E-state index contributed by atoms with van der Waals surface area (Å²) in [5, 5.41) is 2.25. The first-order valence-electron chi connectivity index (χ1n) is 9.01. The third-order valence-electron chi connectivity index (χ3n) is 4.41. The van der Waals surface area contributed by atoms with Crippen LogP contribution >= 0.6 is 11.3 Å². The van der Waals surface area contributed by atoms with Crippen LogP contribution in [0.1, 0.15) is 46.9 Å². The summed E-state index contributed by atoms with van der Waals surface area (Å²) in [5.41, 5.74) is -0.566. The summed E-state index contributed by atoms with van der Waals surface area (Å²) in [7, 11) is 0. The van der Waals surface area contributed by atoms with Crippen LogP contribution in [0.5, 0.6) is 5.75 Å². The first-order valence-corrected chi connectivity index (χ1v) is 9.89. The zero-order valence-electron chi connectivity index (χ0n) is 15.6. The lowest BCUT2D eigenvalue weighted by Gasteiger charge is -2.23. The van der Waals surface area contributed by atoms with Crippen molar-refractivity contribution in [3.63, 3.8) is 0 Å². The molecule has 2 aromatic rings. The van der Waals surface area contributed by atoms with Crippen molar-refractivity contribution >= 4 is 23.2 Å². The van der Waals surface area contributed by atoms with Gasteiger partial charge in [0.1, 0.15) is 10.8 Å². The van der Waals surface area contributed by atoms with Gasteiger partial charge in [0.25, 0.3) is 5.91 Å². The molecule has 156 valence electrons. The van der Waals surface area contributed by atoms with Crippen LogP contribution < -0.4 is 4.74 Å². The second kappa shape index (κ2) is 8.81. The van der Waals surface area contributed by atoms with Crippen molar-refractivity contribution in [1.29, 1.82) is 0 Å². The molecular formula is C19H19F3N2O4S. The van der Waals surface area contributed by atoms with E-state index in [1.54, 1.807) is 17.2 Å². The van der Waals surface area contributed by atoms with E-state index in [0.29, 0.717) is 18.0 Å².